The van der Waals surface area contributed by atoms with Gasteiger partial charge in [-0.3, -0.25) is 5.41 Å². The molecular formula is C11H15N3O. The molecule has 1 aromatic rings. The third-order valence-electron chi connectivity index (χ3n) is 2.29. The third kappa shape index (κ3) is 3.16. The Kier molecular flexibility index (Phi) is 3.97. The Morgan fingerprint density at radius 2 is 2.00 bits per heavy atom. The SMILES string of the molecule is COc1ccc(C[C@H](C)C(=N)N=N)cc1. The fraction of sp³-hybridized carbons (Fsp3) is 0.364. The van der Waals surface area contributed by atoms with Crippen LogP contribution in [0.1, 0.15) is 12.5 Å². The molecule has 0 amide bonds. The highest BCUT2D eigenvalue weighted by molar-refractivity contribution is 5.81. The summed E-state index contributed by atoms with van der Waals surface area (Å²) in [5, 5.41) is 10.5. The van der Waals surface area contributed by atoms with E-state index >= 15 is 0 Å². The summed E-state index contributed by atoms with van der Waals surface area (Å²) in [6, 6.07) is 7.71. The van der Waals surface area contributed by atoms with Crippen LogP contribution in [0, 0.1) is 16.9 Å². The molecule has 1 atom stereocenters. The molecule has 0 aliphatic heterocycles. The molecule has 0 saturated heterocycles. The summed E-state index contributed by atoms with van der Waals surface area (Å²) in [6.45, 7) is 1.89. The molecular weight excluding hydrogens is 190 g/mol. The van der Waals surface area contributed by atoms with Crippen molar-refractivity contribution >= 4 is 5.84 Å². The molecule has 1 rings (SSSR count). The first-order chi connectivity index (χ1) is 7.17. The van der Waals surface area contributed by atoms with Crippen LogP contribution in [0.3, 0.4) is 0 Å². The Morgan fingerprint density at radius 1 is 1.40 bits per heavy atom. The molecule has 0 bridgehead atoms. The van der Waals surface area contributed by atoms with Gasteiger partial charge >= 0.3 is 0 Å². The Hall–Kier alpha value is -1.71. The summed E-state index contributed by atoms with van der Waals surface area (Å²) in [7, 11) is 1.63. The van der Waals surface area contributed by atoms with Crippen LogP contribution < -0.4 is 4.74 Å². The second kappa shape index (κ2) is 5.24. The smallest absolute Gasteiger partial charge is 0.145 e. The van der Waals surface area contributed by atoms with Crippen LogP contribution in [0.4, 0.5) is 0 Å². The van der Waals surface area contributed by atoms with Gasteiger partial charge in [0.1, 0.15) is 11.6 Å². The lowest BCUT2D eigenvalue weighted by atomic mass is 10.0. The molecule has 0 saturated carbocycles. The zero-order chi connectivity index (χ0) is 11.3. The van der Waals surface area contributed by atoms with Gasteiger partial charge in [-0.15, -0.1) is 5.11 Å². The summed E-state index contributed by atoms with van der Waals surface area (Å²) in [5.41, 5.74) is 7.87. The van der Waals surface area contributed by atoms with Gasteiger partial charge in [-0.2, -0.15) is 0 Å². The molecule has 15 heavy (non-hydrogen) atoms. The average Bonchev–Trinajstić information content (AvgIpc) is 2.29. The van der Waals surface area contributed by atoms with Crippen LogP contribution in [0.2, 0.25) is 0 Å². The monoisotopic (exact) mass is 205 g/mol. The van der Waals surface area contributed by atoms with E-state index in [4.69, 9.17) is 15.7 Å². The van der Waals surface area contributed by atoms with Crippen molar-refractivity contribution < 1.29 is 4.74 Å². The lowest BCUT2D eigenvalue weighted by molar-refractivity contribution is 0.414. The maximum atomic E-state index is 7.39. The quantitative estimate of drug-likeness (QED) is 0.443. The summed E-state index contributed by atoms with van der Waals surface area (Å²) in [6.07, 6.45) is 0.727. The molecule has 0 fully saturated rings. The van der Waals surface area contributed by atoms with Gasteiger partial charge in [0.2, 0.25) is 0 Å². The van der Waals surface area contributed by atoms with Gasteiger partial charge < -0.3 is 4.74 Å². The van der Waals surface area contributed by atoms with Gasteiger partial charge in [-0.1, -0.05) is 19.1 Å². The van der Waals surface area contributed by atoms with E-state index in [9.17, 15) is 0 Å². The highest BCUT2D eigenvalue weighted by atomic mass is 16.5. The van der Waals surface area contributed by atoms with E-state index < -0.39 is 0 Å². The van der Waals surface area contributed by atoms with Gasteiger partial charge in [0.05, 0.1) is 7.11 Å². The summed E-state index contributed by atoms with van der Waals surface area (Å²) in [5.74, 6) is 0.924. The van der Waals surface area contributed by atoms with Crippen molar-refractivity contribution in [1.29, 1.82) is 10.9 Å². The van der Waals surface area contributed by atoms with Crippen molar-refractivity contribution in [1.82, 2.24) is 0 Å². The zero-order valence-electron chi connectivity index (χ0n) is 8.95. The number of amidine groups is 1. The largest absolute Gasteiger partial charge is 0.497 e. The Morgan fingerprint density at radius 3 is 2.47 bits per heavy atom. The van der Waals surface area contributed by atoms with Gasteiger partial charge in [-0.25, -0.2) is 5.53 Å². The molecule has 2 N–H and O–H groups in total. The van der Waals surface area contributed by atoms with Crippen LogP contribution in [-0.2, 0) is 6.42 Å². The Bertz CT molecular complexity index is 345. The summed E-state index contributed by atoms with van der Waals surface area (Å²) >= 11 is 0. The number of nitrogens with one attached hydrogen (secondary N) is 2. The van der Waals surface area contributed by atoms with E-state index in [0.717, 1.165) is 17.7 Å². The van der Waals surface area contributed by atoms with Crippen LogP contribution in [0.5, 0.6) is 5.75 Å². The number of hydrogen-bond acceptors (Lipinski definition) is 3. The van der Waals surface area contributed by atoms with E-state index in [1.54, 1.807) is 7.11 Å². The normalized spacial score (nSPS) is 11.9. The molecule has 4 heteroatoms. The van der Waals surface area contributed by atoms with Gasteiger partial charge in [0, 0.05) is 5.92 Å². The second-order valence-electron chi connectivity index (χ2n) is 3.45. The van der Waals surface area contributed by atoms with E-state index in [1.165, 1.54) is 0 Å². The number of rotatable bonds is 4. The molecule has 0 aliphatic rings. The molecule has 0 unspecified atom stereocenters. The number of methoxy groups -OCH3 is 1. The predicted octanol–water partition coefficient (Wildman–Crippen LogP) is 2.88. The van der Waals surface area contributed by atoms with Crippen molar-refractivity contribution in [2.24, 2.45) is 11.0 Å². The number of ether oxygens (including phenoxy) is 1. The van der Waals surface area contributed by atoms with Crippen molar-refractivity contribution in [3.05, 3.63) is 29.8 Å². The molecule has 0 heterocycles. The molecule has 80 valence electrons. The lowest BCUT2D eigenvalue weighted by Crippen LogP contribution is -2.09. The van der Waals surface area contributed by atoms with E-state index in [0.29, 0.717) is 0 Å². The topological polar surface area (TPSA) is 69.3 Å². The summed E-state index contributed by atoms with van der Waals surface area (Å²) in [4.78, 5) is 0. The zero-order valence-corrected chi connectivity index (χ0v) is 8.95. The molecule has 0 aromatic heterocycles. The third-order valence-corrected chi connectivity index (χ3v) is 2.29. The maximum Gasteiger partial charge on any atom is 0.145 e. The van der Waals surface area contributed by atoms with E-state index in [1.807, 2.05) is 31.2 Å². The summed E-state index contributed by atoms with van der Waals surface area (Å²) < 4.78 is 5.05. The molecule has 0 radical (unpaired) electrons. The fourth-order valence-corrected chi connectivity index (χ4v) is 1.32. The fourth-order valence-electron chi connectivity index (χ4n) is 1.32. The van der Waals surface area contributed by atoms with Crippen molar-refractivity contribution in [2.75, 3.05) is 7.11 Å². The highest BCUT2D eigenvalue weighted by Crippen LogP contribution is 2.15. The minimum absolute atomic E-state index is 0.0177. The van der Waals surface area contributed by atoms with Crippen LogP contribution >= 0.6 is 0 Å². The Labute approximate surface area is 89.3 Å². The molecule has 4 nitrogen and oxygen atoms in total. The first-order valence-corrected chi connectivity index (χ1v) is 4.76. The Balaban J connectivity index is 2.64. The second-order valence-corrected chi connectivity index (χ2v) is 3.45. The average molecular weight is 205 g/mol. The molecule has 0 aliphatic carbocycles. The number of benzene rings is 1. The minimum atomic E-state index is -0.0177. The standard InChI is InChI=1S/C11H15N3O/c1-8(11(12)14-13)7-9-3-5-10(15-2)6-4-9/h3-6,8,12-13H,7H2,1-2H3/t8-/m0/s1. The first-order valence-electron chi connectivity index (χ1n) is 4.76. The number of nitrogens with zero attached hydrogens (tertiary/aromatic N) is 1. The van der Waals surface area contributed by atoms with Crippen molar-refractivity contribution in [3.8, 4) is 5.75 Å². The molecule has 1 aromatic carbocycles. The van der Waals surface area contributed by atoms with Crippen LogP contribution in [-0.4, -0.2) is 12.9 Å². The van der Waals surface area contributed by atoms with Gasteiger partial charge in [0.25, 0.3) is 0 Å². The van der Waals surface area contributed by atoms with Crippen LogP contribution in [0.25, 0.3) is 0 Å². The number of hydrogen-bond donors (Lipinski definition) is 2. The van der Waals surface area contributed by atoms with Crippen molar-refractivity contribution in [2.45, 2.75) is 13.3 Å². The maximum absolute atomic E-state index is 7.39. The van der Waals surface area contributed by atoms with E-state index in [-0.39, 0.29) is 11.8 Å². The molecule has 0 spiro atoms. The van der Waals surface area contributed by atoms with Crippen LogP contribution in [0.15, 0.2) is 29.4 Å². The van der Waals surface area contributed by atoms with Gasteiger partial charge in [0.15, 0.2) is 0 Å². The van der Waals surface area contributed by atoms with Gasteiger partial charge in [-0.05, 0) is 24.1 Å². The highest BCUT2D eigenvalue weighted by Gasteiger charge is 2.08. The predicted molar refractivity (Wildman–Crippen MR) is 58.7 cm³/mol. The van der Waals surface area contributed by atoms with Crippen molar-refractivity contribution in [3.63, 3.8) is 0 Å². The lowest BCUT2D eigenvalue weighted by Gasteiger charge is -2.08. The first kappa shape index (κ1) is 11.4. The minimum Gasteiger partial charge on any atom is -0.497 e. The van der Waals surface area contributed by atoms with E-state index in [2.05, 4.69) is 5.11 Å².